The van der Waals surface area contributed by atoms with Crippen molar-refractivity contribution in [3.05, 3.63) is 66.2 Å². The standard InChI is InChI=1S/C18H24N2/c1-20(18-11-6-3-7-12-18)16-8-14-19-15-13-17-9-4-2-5-10-17/h2-7,9-12,19H,8,13-16H2,1H3. The molecule has 0 aliphatic heterocycles. The zero-order valence-electron chi connectivity index (χ0n) is 12.3. The molecule has 2 aromatic carbocycles. The van der Waals surface area contributed by atoms with Crippen LogP contribution in [-0.2, 0) is 6.42 Å². The normalized spacial score (nSPS) is 10.4. The van der Waals surface area contributed by atoms with Gasteiger partial charge in [-0.25, -0.2) is 0 Å². The summed E-state index contributed by atoms with van der Waals surface area (Å²) in [5.41, 5.74) is 2.69. The summed E-state index contributed by atoms with van der Waals surface area (Å²) in [4.78, 5) is 2.30. The van der Waals surface area contributed by atoms with Crippen molar-refractivity contribution in [2.24, 2.45) is 0 Å². The first-order valence-electron chi connectivity index (χ1n) is 7.37. The van der Waals surface area contributed by atoms with E-state index in [-0.39, 0.29) is 0 Å². The van der Waals surface area contributed by atoms with E-state index in [1.165, 1.54) is 17.7 Å². The van der Waals surface area contributed by atoms with Gasteiger partial charge in [-0.3, -0.25) is 0 Å². The molecule has 1 N–H and O–H groups in total. The molecule has 106 valence electrons. The van der Waals surface area contributed by atoms with Crippen molar-refractivity contribution < 1.29 is 0 Å². The molecule has 0 unspecified atom stereocenters. The van der Waals surface area contributed by atoms with E-state index >= 15 is 0 Å². The highest BCUT2D eigenvalue weighted by Gasteiger charge is 1.98. The van der Waals surface area contributed by atoms with Crippen LogP contribution in [0.4, 0.5) is 5.69 Å². The molecule has 2 aromatic rings. The van der Waals surface area contributed by atoms with Crippen LogP contribution in [0.3, 0.4) is 0 Å². The molecule has 0 saturated carbocycles. The van der Waals surface area contributed by atoms with Gasteiger partial charge in [0.1, 0.15) is 0 Å². The van der Waals surface area contributed by atoms with Gasteiger partial charge in [0, 0.05) is 19.3 Å². The van der Waals surface area contributed by atoms with Crippen molar-refractivity contribution in [1.29, 1.82) is 0 Å². The number of para-hydroxylation sites is 1. The average molecular weight is 268 g/mol. The Bertz CT molecular complexity index is 467. The van der Waals surface area contributed by atoms with E-state index in [9.17, 15) is 0 Å². The van der Waals surface area contributed by atoms with Gasteiger partial charge in [0.05, 0.1) is 0 Å². The quantitative estimate of drug-likeness (QED) is 0.739. The van der Waals surface area contributed by atoms with E-state index < -0.39 is 0 Å². The molecule has 2 heteroatoms. The van der Waals surface area contributed by atoms with Crippen molar-refractivity contribution in [2.75, 3.05) is 31.6 Å². The van der Waals surface area contributed by atoms with Crippen LogP contribution >= 0.6 is 0 Å². The molecular weight excluding hydrogens is 244 g/mol. The second-order valence-corrected chi connectivity index (χ2v) is 5.10. The molecule has 0 bridgehead atoms. The van der Waals surface area contributed by atoms with Crippen molar-refractivity contribution in [3.8, 4) is 0 Å². The molecule has 0 fully saturated rings. The van der Waals surface area contributed by atoms with Crippen LogP contribution in [-0.4, -0.2) is 26.7 Å². The van der Waals surface area contributed by atoms with Crippen LogP contribution in [0.25, 0.3) is 0 Å². The molecule has 0 amide bonds. The topological polar surface area (TPSA) is 15.3 Å². The number of hydrogen-bond donors (Lipinski definition) is 1. The van der Waals surface area contributed by atoms with E-state index in [0.717, 1.165) is 26.1 Å². The molecule has 0 radical (unpaired) electrons. The largest absolute Gasteiger partial charge is 0.375 e. The van der Waals surface area contributed by atoms with Gasteiger partial charge in [0.2, 0.25) is 0 Å². The average Bonchev–Trinajstić information content (AvgIpc) is 2.52. The molecule has 0 saturated heterocycles. The highest BCUT2D eigenvalue weighted by atomic mass is 15.1. The summed E-state index contributed by atoms with van der Waals surface area (Å²) in [7, 11) is 2.15. The Kier molecular flexibility index (Phi) is 6.12. The van der Waals surface area contributed by atoms with Gasteiger partial charge in [0.15, 0.2) is 0 Å². The fourth-order valence-corrected chi connectivity index (χ4v) is 2.26. The zero-order chi connectivity index (χ0) is 14.0. The summed E-state index contributed by atoms with van der Waals surface area (Å²) < 4.78 is 0. The van der Waals surface area contributed by atoms with Crippen LogP contribution in [0.2, 0.25) is 0 Å². The second kappa shape index (κ2) is 8.39. The molecule has 0 aliphatic carbocycles. The first-order chi connectivity index (χ1) is 9.86. The second-order valence-electron chi connectivity index (χ2n) is 5.10. The van der Waals surface area contributed by atoms with Crippen LogP contribution in [0.15, 0.2) is 60.7 Å². The van der Waals surface area contributed by atoms with E-state index in [0.29, 0.717) is 0 Å². The van der Waals surface area contributed by atoms with Crippen molar-refractivity contribution >= 4 is 5.69 Å². The number of hydrogen-bond acceptors (Lipinski definition) is 2. The molecule has 0 heterocycles. The fraction of sp³-hybridized carbons (Fsp3) is 0.333. The van der Waals surface area contributed by atoms with Crippen LogP contribution in [0.5, 0.6) is 0 Å². The van der Waals surface area contributed by atoms with Gasteiger partial charge in [-0.2, -0.15) is 0 Å². The summed E-state index contributed by atoms with van der Waals surface area (Å²) in [6.07, 6.45) is 2.27. The lowest BCUT2D eigenvalue weighted by atomic mass is 10.1. The monoisotopic (exact) mass is 268 g/mol. The number of anilines is 1. The Labute approximate surface area is 122 Å². The molecule has 2 nitrogen and oxygen atoms in total. The van der Waals surface area contributed by atoms with Crippen molar-refractivity contribution in [1.82, 2.24) is 5.32 Å². The molecule has 0 spiro atoms. The maximum atomic E-state index is 3.51. The first-order valence-corrected chi connectivity index (χ1v) is 7.37. The number of nitrogens with one attached hydrogen (secondary N) is 1. The predicted molar refractivity (Wildman–Crippen MR) is 87.3 cm³/mol. The van der Waals surface area contributed by atoms with E-state index in [1.807, 2.05) is 0 Å². The number of rotatable bonds is 8. The smallest absolute Gasteiger partial charge is 0.0363 e. The Morgan fingerprint density at radius 1 is 0.850 bits per heavy atom. The third-order valence-corrected chi connectivity index (χ3v) is 3.48. The summed E-state index contributed by atoms with van der Waals surface area (Å²) in [5, 5.41) is 3.51. The molecule has 0 aromatic heterocycles. The fourth-order valence-electron chi connectivity index (χ4n) is 2.26. The summed E-state index contributed by atoms with van der Waals surface area (Å²) in [6.45, 7) is 3.21. The maximum absolute atomic E-state index is 3.51. The highest BCUT2D eigenvalue weighted by molar-refractivity contribution is 5.44. The third-order valence-electron chi connectivity index (χ3n) is 3.48. The third kappa shape index (κ3) is 5.06. The minimum atomic E-state index is 1.05. The van der Waals surface area contributed by atoms with Crippen molar-refractivity contribution in [3.63, 3.8) is 0 Å². The highest BCUT2D eigenvalue weighted by Crippen LogP contribution is 2.10. The molecular formula is C18H24N2. The van der Waals surface area contributed by atoms with Crippen LogP contribution in [0.1, 0.15) is 12.0 Å². The minimum absolute atomic E-state index is 1.05. The molecule has 0 atom stereocenters. The van der Waals surface area contributed by atoms with E-state index in [4.69, 9.17) is 0 Å². The number of benzene rings is 2. The lowest BCUT2D eigenvalue weighted by Crippen LogP contribution is -2.25. The van der Waals surface area contributed by atoms with Gasteiger partial charge >= 0.3 is 0 Å². The lowest BCUT2D eigenvalue weighted by Gasteiger charge is -2.19. The summed E-state index contributed by atoms with van der Waals surface area (Å²) in [6, 6.07) is 21.2. The van der Waals surface area contributed by atoms with Crippen LogP contribution < -0.4 is 10.2 Å². The Morgan fingerprint density at radius 2 is 1.50 bits per heavy atom. The van der Waals surface area contributed by atoms with Crippen LogP contribution in [0, 0.1) is 0 Å². The lowest BCUT2D eigenvalue weighted by molar-refractivity contribution is 0.644. The van der Waals surface area contributed by atoms with E-state index in [2.05, 4.69) is 77.9 Å². The first kappa shape index (κ1) is 14.6. The minimum Gasteiger partial charge on any atom is -0.375 e. The SMILES string of the molecule is CN(CCCNCCc1ccccc1)c1ccccc1. The van der Waals surface area contributed by atoms with E-state index in [1.54, 1.807) is 0 Å². The predicted octanol–water partition coefficient (Wildman–Crippen LogP) is 3.35. The van der Waals surface area contributed by atoms with Crippen molar-refractivity contribution in [2.45, 2.75) is 12.8 Å². The summed E-state index contributed by atoms with van der Waals surface area (Å²) >= 11 is 0. The van der Waals surface area contributed by atoms with Gasteiger partial charge in [-0.05, 0) is 43.6 Å². The van der Waals surface area contributed by atoms with Gasteiger partial charge in [-0.15, -0.1) is 0 Å². The van der Waals surface area contributed by atoms with Gasteiger partial charge < -0.3 is 10.2 Å². The Balaban J connectivity index is 1.56. The Hall–Kier alpha value is -1.80. The summed E-state index contributed by atoms with van der Waals surface area (Å²) in [5.74, 6) is 0. The van der Waals surface area contributed by atoms with Gasteiger partial charge in [0.25, 0.3) is 0 Å². The Morgan fingerprint density at radius 3 is 2.20 bits per heavy atom. The molecule has 2 rings (SSSR count). The number of nitrogens with zero attached hydrogens (tertiary/aromatic N) is 1. The maximum Gasteiger partial charge on any atom is 0.0363 e. The zero-order valence-corrected chi connectivity index (χ0v) is 12.3. The van der Waals surface area contributed by atoms with Gasteiger partial charge in [-0.1, -0.05) is 48.5 Å². The molecule has 20 heavy (non-hydrogen) atoms. The molecule has 0 aliphatic rings.